The van der Waals surface area contributed by atoms with Crippen molar-refractivity contribution in [1.82, 2.24) is 20.4 Å². The fourth-order valence-electron chi connectivity index (χ4n) is 3.37. The van der Waals surface area contributed by atoms with Gasteiger partial charge in [-0.1, -0.05) is 24.3 Å². The number of amides is 1. The van der Waals surface area contributed by atoms with Gasteiger partial charge in [0.1, 0.15) is 0 Å². The summed E-state index contributed by atoms with van der Waals surface area (Å²) in [5.41, 5.74) is 5.29. The van der Waals surface area contributed by atoms with Crippen LogP contribution in [0.1, 0.15) is 45.7 Å². The van der Waals surface area contributed by atoms with Crippen LogP contribution in [0.5, 0.6) is 0 Å². The number of rotatable bonds is 5. The van der Waals surface area contributed by atoms with E-state index in [-0.39, 0.29) is 5.91 Å². The summed E-state index contributed by atoms with van der Waals surface area (Å²) in [6.45, 7) is 5.29. The normalized spacial score (nSPS) is 16.7. The zero-order valence-corrected chi connectivity index (χ0v) is 14.1. The van der Waals surface area contributed by atoms with Gasteiger partial charge in [-0.25, -0.2) is 0 Å². The van der Waals surface area contributed by atoms with E-state index in [1.807, 2.05) is 12.1 Å². The Kier molecular flexibility index (Phi) is 4.10. The van der Waals surface area contributed by atoms with Crippen LogP contribution in [0.3, 0.4) is 0 Å². The van der Waals surface area contributed by atoms with Crippen LogP contribution in [0.25, 0.3) is 0 Å². The summed E-state index contributed by atoms with van der Waals surface area (Å²) in [4.78, 5) is 12.7. The maximum Gasteiger partial charge on any atom is 0.272 e. The molecule has 0 radical (unpaired) electrons. The number of benzene rings is 1. The molecule has 5 nitrogen and oxygen atoms in total. The highest BCUT2D eigenvalue weighted by atomic mass is 16.1. The summed E-state index contributed by atoms with van der Waals surface area (Å²) in [6.07, 6.45) is 3.55. The smallest absolute Gasteiger partial charge is 0.272 e. The van der Waals surface area contributed by atoms with Crippen molar-refractivity contribution in [1.29, 1.82) is 0 Å². The minimum absolute atomic E-state index is 0.0623. The Labute approximate surface area is 142 Å². The summed E-state index contributed by atoms with van der Waals surface area (Å²) in [6, 6.07) is 8.14. The van der Waals surface area contributed by atoms with Gasteiger partial charge in [-0.3, -0.25) is 9.48 Å². The van der Waals surface area contributed by atoms with Crippen LogP contribution >= 0.6 is 0 Å². The summed E-state index contributed by atoms with van der Waals surface area (Å²) < 4.78 is 2.09. The number of hydrogen-bond acceptors (Lipinski definition) is 3. The van der Waals surface area contributed by atoms with E-state index < -0.39 is 0 Å². The standard InChI is InChI=1S/C19H24N4O/c1-13-4-2-3-5-15(13)10-21-19(24)18-16-11-20-9-8-17(16)23(22-18)12-14-6-7-14/h2-5,14,20H,6-12H2,1H3,(H,21,24). The Balaban J connectivity index is 1.53. The number of aryl methyl sites for hydroxylation is 1. The molecule has 1 aromatic heterocycles. The van der Waals surface area contributed by atoms with Crippen LogP contribution in [0.15, 0.2) is 24.3 Å². The zero-order valence-electron chi connectivity index (χ0n) is 14.1. The maximum atomic E-state index is 12.7. The molecule has 0 atom stereocenters. The highest BCUT2D eigenvalue weighted by Gasteiger charge is 2.28. The van der Waals surface area contributed by atoms with Gasteiger partial charge in [-0.05, 0) is 36.8 Å². The first kappa shape index (κ1) is 15.4. The third-order valence-electron chi connectivity index (χ3n) is 5.05. The van der Waals surface area contributed by atoms with Crippen LogP contribution < -0.4 is 10.6 Å². The fourth-order valence-corrected chi connectivity index (χ4v) is 3.37. The van der Waals surface area contributed by atoms with Gasteiger partial charge in [0.2, 0.25) is 0 Å². The highest BCUT2D eigenvalue weighted by Crippen LogP contribution is 2.32. The first-order chi connectivity index (χ1) is 11.7. The predicted octanol–water partition coefficient (Wildman–Crippen LogP) is 2.18. The van der Waals surface area contributed by atoms with Crippen molar-refractivity contribution in [3.05, 3.63) is 52.3 Å². The molecular weight excluding hydrogens is 300 g/mol. The van der Waals surface area contributed by atoms with Crippen LogP contribution in [-0.4, -0.2) is 22.2 Å². The molecule has 0 saturated heterocycles. The maximum absolute atomic E-state index is 12.7. The lowest BCUT2D eigenvalue weighted by molar-refractivity contribution is 0.0944. The van der Waals surface area contributed by atoms with Gasteiger partial charge < -0.3 is 10.6 Å². The number of hydrogen-bond donors (Lipinski definition) is 2. The fraction of sp³-hybridized carbons (Fsp3) is 0.474. The van der Waals surface area contributed by atoms with Gasteiger partial charge in [0.25, 0.3) is 5.91 Å². The van der Waals surface area contributed by atoms with Crippen LogP contribution in [0.2, 0.25) is 0 Å². The molecule has 1 fully saturated rings. The summed E-state index contributed by atoms with van der Waals surface area (Å²) in [5.74, 6) is 0.694. The van der Waals surface area contributed by atoms with E-state index in [1.54, 1.807) is 0 Å². The molecule has 0 spiro atoms. The largest absolute Gasteiger partial charge is 0.347 e. The second kappa shape index (κ2) is 6.40. The van der Waals surface area contributed by atoms with Crippen molar-refractivity contribution < 1.29 is 4.79 Å². The third kappa shape index (κ3) is 3.08. The van der Waals surface area contributed by atoms with Gasteiger partial charge in [0.15, 0.2) is 5.69 Å². The van der Waals surface area contributed by atoms with Gasteiger partial charge >= 0.3 is 0 Å². The SMILES string of the molecule is Cc1ccccc1CNC(=O)c1nn(CC2CC2)c2c1CNCC2. The Hall–Kier alpha value is -2.14. The van der Waals surface area contributed by atoms with Crippen LogP contribution in [-0.2, 0) is 26.1 Å². The molecule has 2 N–H and O–H groups in total. The zero-order chi connectivity index (χ0) is 16.5. The van der Waals surface area contributed by atoms with Gasteiger partial charge in [0.05, 0.1) is 0 Å². The minimum Gasteiger partial charge on any atom is -0.347 e. The van der Waals surface area contributed by atoms with Gasteiger partial charge in [-0.15, -0.1) is 0 Å². The van der Waals surface area contributed by atoms with Crippen molar-refractivity contribution >= 4 is 5.91 Å². The number of nitrogens with zero attached hydrogens (tertiary/aromatic N) is 2. The number of aromatic nitrogens is 2. The molecule has 0 bridgehead atoms. The lowest BCUT2D eigenvalue weighted by atomic mass is 10.1. The first-order valence-electron chi connectivity index (χ1n) is 8.84. The average molecular weight is 324 g/mol. The second-order valence-corrected chi connectivity index (χ2v) is 6.94. The van der Waals surface area contributed by atoms with Crippen molar-refractivity contribution in [2.75, 3.05) is 6.54 Å². The lowest BCUT2D eigenvalue weighted by Crippen LogP contribution is -2.28. The van der Waals surface area contributed by atoms with Gasteiger partial charge in [-0.2, -0.15) is 5.10 Å². The summed E-state index contributed by atoms with van der Waals surface area (Å²) in [7, 11) is 0. The van der Waals surface area contributed by atoms with Crippen molar-refractivity contribution in [2.24, 2.45) is 5.92 Å². The molecule has 2 aromatic rings. The molecule has 1 saturated carbocycles. The van der Waals surface area contributed by atoms with Crippen LogP contribution in [0, 0.1) is 12.8 Å². The Bertz CT molecular complexity index is 761. The van der Waals surface area contributed by atoms with E-state index in [2.05, 4.69) is 39.5 Å². The van der Waals surface area contributed by atoms with E-state index in [0.29, 0.717) is 12.2 Å². The minimum atomic E-state index is -0.0623. The molecule has 126 valence electrons. The molecule has 5 heteroatoms. The van der Waals surface area contributed by atoms with E-state index in [0.717, 1.165) is 43.1 Å². The molecule has 1 aromatic carbocycles. The molecule has 0 unspecified atom stereocenters. The quantitative estimate of drug-likeness (QED) is 0.886. The molecule has 1 aliphatic carbocycles. The van der Waals surface area contributed by atoms with Crippen molar-refractivity contribution in [3.8, 4) is 0 Å². The lowest BCUT2D eigenvalue weighted by Gasteiger charge is -2.15. The van der Waals surface area contributed by atoms with Crippen molar-refractivity contribution in [2.45, 2.75) is 45.8 Å². The second-order valence-electron chi connectivity index (χ2n) is 6.94. The van der Waals surface area contributed by atoms with Crippen LogP contribution in [0.4, 0.5) is 0 Å². The first-order valence-corrected chi connectivity index (χ1v) is 8.84. The third-order valence-corrected chi connectivity index (χ3v) is 5.05. The Morgan fingerprint density at radius 2 is 2.21 bits per heavy atom. The highest BCUT2D eigenvalue weighted by molar-refractivity contribution is 5.94. The summed E-state index contributed by atoms with van der Waals surface area (Å²) in [5, 5.41) is 11.1. The summed E-state index contributed by atoms with van der Waals surface area (Å²) >= 11 is 0. The molecule has 1 amide bonds. The average Bonchev–Trinajstić information content (AvgIpc) is 3.34. The van der Waals surface area contributed by atoms with E-state index >= 15 is 0 Å². The number of nitrogens with one attached hydrogen (secondary N) is 2. The van der Waals surface area contributed by atoms with E-state index in [1.165, 1.54) is 24.1 Å². The molecule has 1 aliphatic heterocycles. The molecular formula is C19H24N4O. The molecule has 2 aliphatic rings. The molecule has 2 heterocycles. The topological polar surface area (TPSA) is 59.0 Å². The Morgan fingerprint density at radius 3 is 3.00 bits per heavy atom. The number of carbonyl (C=O) groups excluding carboxylic acids is 1. The number of carbonyl (C=O) groups is 1. The van der Waals surface area contributed by atoms with E-state index in [4.69, 9.17) is 0 Å². The van der Waals surface area contributed by atoms with Gasteiger partial charge in [0, 0.05) is 43.9 Å². The molecule has 24 heavy (non-hydrogen) atoms. The van der Waals surface area contributed by atoms with E-state index in [9.17, 15) is 4.79 Å². The monoisotopic (exact) mass is 324 g/mol. The van der Waals surface area contributed by atoms with Crippen molar-refractivity contribution in [3.63, 3.8) is 0 Å². The Morgan fingerprint density at radius 1 is 1.38 bits per heavy atom. The predicted molar refractivity (Wildman–Crippen MR) is 92.7 cm³/mol. The number of fused-ring (bicyclic) bond motifs is 1. The molecule has 4 rings (SSSR count).